The van der Waals surface area contributed by atoms with E-state index in [-0.39, 0.29) is 54.4 Å². The number of carbonyl (C=O) groups excluding carboxylic acids is 1. The van der Waals surface area contributed by atoms with Crippen LogP contribution in [0.5, 0.6) is 0 Å². The minimum Gasteiger partial charge on any atom is -0.396 e. The minimum absolute atomic E-state index is 0.0300. The van der Waals surface area contributed by atoms with Gasteiger partial charge in [0.05, 0.1) is 16.6 Å². The van der Waals surface area contributed by atoms with Crippen molar-refractivity contribution >= 4 is 23.3 Å². The summed E-state index contributed by atoms with van der Waals surface area (Å²) in [4.78, 5) is 28.4. The number of halogens is 5. The zero-order valence-electron chi connectivity index (χ0n) is 16.2. The number of pyridine rings is 1. The van der Waals surface area contributed by atoms with Crippen LogP contribution < -0.4 is 10.9 Å². The van der Waals surface area contributed by atoms with Crippen LogP contribution in [0.4, 0.5) is 28.0 Å². The van der Waals surface area contributed by atoms with Crippen LogP contribution in [0, 0.1) is 5.82 Å². The predicted octanol–water partition coefficient (Wildman–Crippen LogP) is 4.48. The van der Waals surface area contributed by atoms with Crippen LogP contribution >= 0.6 is 11.6 Å². The lowest BCUT2D eigenvalue weighted by molar-refractivity contribution is -0.139. The Kier molecular flexibility index (Phi) is 6.90. The summed E-state index contributed by atoms with van der Waals surface area (Å²) in [6.45, 7) is -0.304. The number of aromatic nitrogens is 1. The number of fused-ring (bicyclic) bond motifs is 1. The number of aromatic amines is 1. The molecule has 2 amide bonds. The molecule has 0 spiro atoms. The van der Waals surface area contributed by atoms with E-state index in [1.165, 1.54) is 17.0 Å². The summed E-state index contributed by atoms with van der Waals surface area (Å²) in [6.07, 6.45) is -3.70. The number of nitrogens with zero attached hydrogens (tertiary/aromatic N) is 1. The second kappa shape index (κ2) is 9.27. The lowest BCUT2D eigenvalue weighted by Crippen LogP contribution is -2.42. The number of carbonyl (C=O) groups is 1. The molecule has 0 unspecified atom stereocenters. The van der Waals surface area contributed by atoms with Crippen molar-refractivity contribution in [2.24, 2.45) is 0 Å². The highest BCUT2D eigenvalue weighted by Crippen LogP contribution is 2.41. The zero-order chi connectivity index (χ0) is 22.8. The van der Waals surface area contributed by atoms with Crippen LogP contribution in [0.3, 0.4) is 0 Å². The quantitative estimate of drug-likeness (QED) is 0.574. The first-order valence-corrected chi connectivity index (χ1v) is 9.96. The number of hydrogen-bond donors (Lipinski definition) is 3. The molecular weight excluding hydrogens is 442 g/mol. The van der Waals surface area contributed by atoms with Gasteiger partial charge in [-0.05, 0) is 43.9 Å². The van der Waals surface area contributed by atoms with Gasteiger partial charge in [0.1, 0.15) is 5.82 Å². The largest absolute Gasteiger partial charge is 0.417 e. The van der Waals surface area contributed by atoms with E-state index in [1.54, 1.807) is 0 Å². The number of nitrogens with one attached hydrogen (secondary N) is 2. The molecule has 0 bridgehead atoms. The summed E-state index contributed by atoms with van der Waals surface area (Å²) in [5, 5.41) is 11.5. The van der Waals surface area contributed by atoms with Crippen molar-refractivity contribution in [3.05, 3.63) is 62.3 Å². The van der Waals surface area contributed by atoms with Gasteiger partial charge in [-0.2, -0.15) is 13.2 Å². The SMILES string of the molecule is O=C(Nc1ccc(F)c(Cl)c1)N(CCCO)[C@H]1CCCc2[nH]c(=O)cc(C(F)(F)F)c21. The summed E-state index contributed by atoms with van der Waals surface area (Å²) in [5.74, 6) is -0.684. The molecule has 0 saturated carbocycles. The van der Waals surface area contributed by atoms with Gasteiger partial charge in [0.25, 0.3) is 0 Å². The summed E-state index contributed by atoms with van der Waals surface area (Å²) >= 11 is 5.73. The monoisotopic (exact) mass is 461 g/mol. The molecule has 11 heteroatoms. The maximum atomic E-state index is 13.7. The van der Waals surface area contributed by atoms with Gasteiger partial charge in [-0.1, -0.05) is 11.6 Å². The Balaban J connectivity index is 2.01. The van der Waals surface area contributed by atoms with E-state index in [9.17, 15) is 32.3 Å². The maximum absolute atomic E-state index is 13.7. The van der Waals surface area contributed by atoms with Crippen molar-refractivity contribution in [1.82, 2.24) is 9.88 Å². The molecular formula is C20H20ClF4N3O3. The Morgan fingerprint density at radius 2 is 2.06 bits per heavy atom. The van der Waals surface area contributed by atoms with Gasteiger partial charge in [0, 0.05) is 36.2 Å². The van der Waals surface area contributed by atoms with Crippen LogP contribution in [0.15, 0.2) is 29.1 Å². The van der Waals surface area contributed by atoms with E-state index in [0.717, 1.165) is 6.07 Å². The first-order chi connectivity index (χ1) is 14.6. The first-order valence-electron chi connectivity index (χ1n) is 9.58. The number of hydrogen-bond acceptors (Lipinski definition) is 3. The highest BCUT2D eigenvalue weighted by molar-refractivity contribution is 6.31. The molecule has 3 N–H and O–H groups in total. The number of amides is 2. The molecule has 0 saturated heterocycles. The van der Waals surface area contributed by atoms with Crippen molar-refractivity contribution in [2.45, 2.75) is 37.9 Å². The van der Waals surface area contributed by atoms with Crippen molar-refractivity contribution in [3.8, 4) is 0 Å². The number of alkyl halides is 3. The molecule has 1 aromatic heterocycles. The van der Waals surface area contributed by atoms with Crippen molar-refractivity contribution in [2.75, 3.05) is 18.5 Å². The van der Waals surface area contributed by atoms with Gasteiger partial charge in [-0.25, -0.2) is 9.18 Å². The Bertz CT molecular complexity index is 1030. The third-order valence-electron chi connectivity index (χ3n) is 5.07. The molecule has 3 rings (SSSR count). The van der Waals surface area contributed by atoms with Crippen molar-refractivity contribution in [3.63, 3.8) is 0 Å². The van der Waals surface area contributed by atoms with Crippen LogP contribution in [-0.2, 0) is 12.6 Å². The summed E-state index contributed by atoms with van der Waals surface area (Å²) in [6, 6.07) is 2.31. The maximum Gasteiger partial charge on any atom is 0.417 e. The Morgan fingerprint density at radius 1 is 1.32 bits per heavy atom. The molecule has 0 aliphatic heterocycles. The van der Waals surface area contributed by atoms with Gasteiger partial charge >= 0.3 is 12.2 Å². The van der Waals surface area contributed by atoms with Gasteiger partial charge < -0.3 is 20.3 Å². The third-order valence-corrected chi connectivity index (χ3v) is 5.36. The molecule has 0 radical (unpaired) electrons. The fourth-order valence-corrected chi connectivity index (χ4v) is 3.95. The van der Waals surface area contributed by atoms with Gasteiger partial charge in [-0.15, -0.1) is 0 Å². The fraction of sp³-hybridized carbons (Fsp3) is 0.400. The lowest BCUT2D eigenvalue weighted by Gasteiger charge is -2.37. The second-order valence-electron chi connectivity index (χ2n) is 7.17. The van der Waals surface area contributed by atoms with Crippen LogP contribution in [0.1, 0.15) is 42.1 Å². The summed E-state index contributed by atoms with van der Waals surface area (Å²) in [7, 11) is 0. The fourth-order valence-electron chi connectivity index (χ4n) is 3.77. The van der Waals surface area contributed by atoms with E-state index in [1.807, 2.05) is 0 Å². The number of aryl methyl sites for hydroxylation is 1. The van der Waals surface area contributed by atoms with Crippen LogP contribution in [0.25, 0.3) is 0 Å². The highest BCUT2D eigenvalue weighted by Gasteiger charge is 2.41. The molecule has 6 nitrogen and oxygen atoms in total. The number of aliphatic hydroxyl groups is 1. The molecule has 168 valence electrons. The predicted molar refractivity (Wildman–Crippen MR) is 107 cm³/mol. The number of H-pyrrole nitrogens is 1. The normalized spacial score (nSPS) is 16.0. The van der Waals surface area contributed by atoms with Crippen molar-refractivity contribution < 1.29 is 27.5 Å². The van der Waals surface area contributed by atoms with E-state index >= 15 is 0 Å². The Labute approximate surface area is 179 Å². The topological polar surface area (TPSA) is 85.4 Å². The summed E-state index contributed by atoms with van der Waals surface area (Å²) < 4.78 is 54.5. The van der Waals surface area contributed by atoms with Gasteiger partial charge in [-0.3, -0.25) is 4.79 Å². The smallest absolute Gasteiger partial charge is 0.396 e. The Morgan fingerprint density at radius 3 is 2.71 bits per heavy atom. The molecule has 1 aromatic carbocycles. The number of benzene rings is 1. The average molecular weight is 462 g/mol. The molecule has 1 atom stereocenters. The molecule has 1 heterocycles. The zero-order valence-corrected chi connectivity index (χ0v) is 17.0. The molecule has 0 fully saturated rings. The molecule has 31 heavy (non-hydrogen) atoms. The van der Waals surface area contributed by atoms with E-state index in [4.69, 9.17) is 11.6 Å². The van der Waals surface area contributed by atoms with E-state index in [0.29, 0.717) is 12.5 Å². The minimum atomic E-state index is -4.78. The molecule has 1 aliphatic carbocycles. The first kappa shape index (κ1) is 23.1. The summed E-state index contributed by atoms with van der Waals surface area (Å²) in [5.41, 5.74) is -1.79. The van der Waals surface area contributed by atoms with E-state index < -0.39 is 35.2 Å². The van der Waals surface area contributed by atoms with Gasteiger partial charge in [0.2, 0.25) is 5.56 Å². The standard InChI is InChI=1S/C20H20ClF4N3O3/c21-13-9-11(5-6-14(13)22)26-19(31)28(7-2-8-29)16-4-1-3-15-18(16)12(20(23,24)25)10-17(30)27-15/h5-6,9-10,16,29H,1-4,7-8H2,(H,26,31)(H,27,30)/t16-/m0/s1. The second-order valence-corrected chi connectivity index (χ2v) is 7.58. The third kappa shape index (κ3) is 5.19. The molecule has 2 aromatic rings. The number of aliphatic hydroxyl groups excluding tert-OH is 1. The average Bonchev–Trinajstić information content (AvgIpc) is 2.69. The van der Waals surface area contributed by atoms with Crippen LogP contribution in [0.2, 0.25) is 5.02 Å². The number of rotatable bonds is 5. The molecule has 1 aliphatic rings. The van der Waals surface area contributed by atoms with Gasteiger partial charge in [0.15, 0.2) is 0 Å². The van der Waals surface area contributed by atoms with Crippen molar-refractivity contribution in [1.29, 1.82) is 0 Å². The Hall–Kier alpha value is -2.59. The lowest BCUT2D eigenvalue weighted by atomic mass is 9.86. The number of urea groups is 1. The number of anilines is 1. The van der Waals surface area contributed by atoms with Crippen LogP contribution in [-0.4, -0.2) is 34.2 Å². The van der Waals surface area contributed by atoms with E-state index in [2.05, 4.69) is 10.3 Å². The highest BCUT2D eigenvalue weighted by atomic mass is 35.5.